The van der Waals surface area contributed by atoms with E-state index < -0.39 is 0 Å². The summed E-state index contributed by atoms with van der Waals surface area (Å²) in [4.78, 5) is 17.1. The van der Waals surface area contributed by atoms with Crippen molar-refractivity contribution in [3.05, 3.63) is 65.4 Å². The van der Waals surface area contributed by atoms with Crippen LogP contribution in [0.25, 0.3) is 10.9 Å². The molecule has 0 aliphatic heterocycles. The van der Waals surface area contributed by atoms with E-state index in [0.717, 1.165) is 22.3 Å². The van der Waals surface area contributed by atoms with Gasteiger partial charge in [0.1, 0.15) is 0 Å². The average molecular weight is 307 g/mol. The molecule has 0 aliphatic rings. The van der Waals surface area contributed by atoms with Gasteiger partial charge in [0, 0.05) is 49.0 Å². The molecule has 2 N–H and O–H groups in total. The lowest BCUT2D eigenvalue weighted by molar-refractivity contribution is 0.0827. The van der Waals surface area contributed by atoms with Crippen LogP contribution >= 0.6 is 0 Å². The van der Waals surface area contributed by atoms with E-state index in [1.807, 2.05) is 37.4 Å². The van der Waals surface area contributed by atoms with Gasteiger partial charge in [-0.15, -0.1) is 0 Å². The average Bonchev–Trinajstić information content (AvgIpc) is 3.02. The highest BCUT2D eigenvalue weighted by Crippen LogP contribution is 2.21. The fraction of sp³-hybridized carbons (Fsp3) is 0.211. The van der Waals surface area contributed by atoms with E-state index in [9.17, 15) is 4.79 Å². The molecule has 23 heavy (non-hydrogen) atoms. The smallest absolute Gasteiger partial charge is 0.253 e. The molecule has 4 heteroatoms. The Morgan fingerprint density at radius 2 is 2.00 bits per heavy atom. The summed E-state index contributed by atoms with van der Waals surface area (Å²) in [5.41, 5.74) is 5.04. The minimum absolute atomic E-state index is 0.0267. The van der Waals surface area contributed by atoms with Gasteiger partial charge in [-0.2, -0.15) is 0 Å². The van der Waals surface area contributed by atoms with Gasteiger partial charge in [0.15, 0.2) is 0 Å². The monoisotopic (exact) mass is 307 g/mol. The fourth-order valence-corrected chi connectivity index (χ4v) is 2.71. The predicted octanol–water partition coefficient (Wildman–Crippen LogP) is 3.79. The lowest BCUT2D eigenvalue weighted by Crippen LogP contribution is -2.22. The first-order valence-electron chi connectivity index (χ1n) is 7.67. The summed E-state index contributed by atoms with van der Waals surface area (Å²) in [5, 5.41) is 4.64. The Morgan fingerprint density at radius 3 is 2.78 bits per heavy atom. The number of rotatable bonds is 4. The van der Waals surface area contributed by atoms with Gasteiger partial charge in [0.2, 0.25) is 0 Å². The lowest BCUT2D eigenvalue weighted by atomic mass is 10.1. The molecular formula is C19H21N3O. The number of anilines is 1. The van der Waals surface area contributed by atoms with Gasteiger partial charge in [0.25, 0.3) is 5.91 Å². The second kappa shape index (κ2) is 6.16. The first kappa shape index (κ1) is 15.2. The molecule has 118 valence electrons. The molecule has 0 radical (unpaired) electrons. The van der Waals surface area contributed by atoms with E-state index in [4.69, 9.17) is 0 Å². The largest absolute Gasteiger partial charge is 0.381 e. The van der Waals surface area contributed by atoms with Crippen LogP contribution in [-0.2, 0) is 6.54 Å². The third-order valence-electron chi connectivity index (χ3n) is 4.04. The van der Waals surface area contributed by atoms with Crippen molar-refractivity contribution in [3.63, 3.8) is 0 Å². The molecule has 1 amide bonds. The van der Waals surface area contributed by atoms with Crippen molar-refractivity contribution in [1.82, 2.24) is 9.88 Å². The number of nitrogens with one attached hydrogen (secondary N) is 2. The number of hydrogen-bond donors (Lipinski definition) is 2. The van der Waals surface area contributed by atoms with Crippen LogP contribution in [0.4, 0.5) is 5.69 Å². The maximum atomic E-state index is 12.2. The van der Waals surface area contributed by atoms with Gasteiger partial charge >= 0.3 is 0 Å². The van der Waals surface area contributed by atoms with Gasteiger partial charge in [0.05, 0.1) is 0 Å². The van der Waals surface area contributed by atoms with E-state index in [1.165, 1.54) is 10.9 Å². The zero-order chi connectivity index (χ0) is 16.4. The molecule has 0 aliphatic carbocycles. The van der Waals surface area contributed by atoms with Gasteiger partial charge in [-0.25, -0.2) is 0 Å². The first-order chi connectivity index (χ1) is 11.1. The molecule has 0 unspecified atom stereocenters. The second-order valence-corrected chi connectivity index (χ2v) is 5.94. The van der Waals surface area contributed by atoms with E-state index in [2.05, 4.69) is 28.5 Å². The number of amides is 1. The number of benzene rings is 2. The number of hydrogen-bond acceptors (Lipinski definition) is 2. The number of H-pyrrole nitrogens is 1. The molecule has 1 aromatic heterocycles. The molecule has 3 rings (SSSR count). The van der Waals surface area contributed by atoms with Crippen molar-refractivity contribution in [2.45, 2.75) is 13.5 Å². The van der Waals surface area contributed by atoms with Crippen molar-refractivity contribution in [2.75, 3.05) is 19.4 Å². The maximum Gasteiger partial charge on any atom is 0.253 e. The zero-order valence-corrected chi connectivity index (χ0v) is 13.7. The Morgan fingerprint density at radius 1 is 1.17 bits per heavy atom. The van der Waals surface area contributed by atoms with Gasteiger partial charge in [-0.3, -0.25) is 4.79 Å². The van der Waals surface area contributed by atoms with Crippen molar-refractivity contribution < 1.29 is 4.79 Å². The van der Waals surface area contributed by atoms with Crippen LogP contribution in [0.2, 0.25) is 0 Å². The van der Waals surface area contributed by atoms with Crippen molar-refractivity contribution in [1.29, 1.82) is 0 Å². The van der Waals surface area contributed by atoms with Gasteiger partial charge < -0.3 is 15.2 Å². The maximum absolute atomic E-state index is 12.2. The number of nitrogens with zero attached hydrogens (tertiary/aromatic N) is 1. The van der Waals surface area contributed by atoms with E-state index in [-0.39, 0.29) is 5.91 Å². The van der Waals surface area contributed by atoms with Crippen LogP contribution < -0.4 is 5.32 Å². The van der Waals surface area contributed by atoms with Crippen molar-refractivity contribution in [2.24, 2.45) is 0 Å². The lowest BCUT2D eigenvalue weighted by Gasteiger charge is -2.14. The van der Waals surface area contributed by atoms with Crippen LogP contribution in [0, 0.1) is 6.92 Å². The van der Waals surface area contributed by atoms with Crippen LogP contribution in [0.15, 0.2) is 48.7 Å². The molecule has 4 nitrogen and oxygen atoms in total. The van der Waals surface area contributed by atoms with Gasteiger partial charge in [-0.05, 0) is 42.3 Å². The zero-order valence-electron chi connectivity index (χ0n) is 13.7. The van der Waals surface area contributed by atoms with E-state index >= 15 is 0 Å². The van der Waals surface area contributed by atoms with Crippen LogP contribution in [0.3, 0.4) is 0 Å². The predicted molar refractivity (Wildman–Crippen MR) is 94.8 cm³/mol. The third-order valence-corrected chi connectivity index (χ3v) is 4.04. The normalized spacial score (nSPS) is 10.7. The number of carbonyl (C=O) groups is 1. The molecule has 2 aromatic carbocycles. The van der Waals surface area contributed by atoms with Gasteiger partial charge in [-0.1, -0.05) is 18.2 Å². The molecule has 3 aromatic rings. The SMILES string of the molecule is Cc1ccc(NCc2cccc3[nH]ccc23)cc1C(=O)N(C)C. The summed E-state index contributed by atoms with van der Waals surface area (Å²) >= 11 is 0. The highest BCUT2D eigenvalue weighted by molar-refractivity contribution is 5.96. The Hall–Kier alpha value is -2.75. The number of fused-ring (bicyclic) bond motifs is 1. The summed E-state index contributed by atoms with van der Waals surface area (Å²) in [6.07, 6.45) is 1.95. The minimum atomic E-state index is 0.0267. The third kappa shape index (κ3) is 3.06. The quantitative estimate of drug-likeness (QED) is 0.770. The number of carbonyl (C=O) groups excluding carboxylic acids is 1. The van der Waals surface area contributed by atoms with Crippen molar-refractivity contribution >= 4 is 22.5 Å². The van der Waals surface area contributed by atoms with Crippen LogP contribution in [-0.4, -0.2) is 29.9 Å². The molecule has 0 fully saturated rings. The van der Waals surface area contributed by atoms with Crippen LogP contribution in [0.1, 0.15) is 21.5 Å². The van der Waals surface area contributed by atoms with Crippen LogP contribution in [0.5, 0.6) is 0 Å². The summed E-state index contributed by atoms with van der Waals surface area (Å²) < 4.78 is 0. The first-order valence-corrected chi connectivity index (χ1v) is 7.67. The minimum Gasteiger partial charge on any atom is -0.381 e. The number of aryl methyl sites for hydroxylation is 1. The molecule has 0 saturated carbocycles. The Balaban J connectivity index is 1.82. The Bertz CT molecular complexity index is 849. The molecule has 0 saturated heterocycles. The standard InChI is InChI=1S/C19H21N3O/c1-13-7-8-15(11-17(13)19(23)22(2)3)21-12-14-5-4-6-18-16(14)9-10-20-18/h4-11,20-21H,12H2,1-3H3. The highest BCUT2D eigenvalue weighted by Gasteiger charge is 2.12. The molecule has 0 atom stereocenters. The second-order valence-electron chi connectivity index (χ2n) is 5.94. The molecule has 0 bridgehead atoms. The van der Waals surface area contributed by atoms with E-state index in [1.54, 1.807) is 19.0 Å². The molecule has 1 heterocycles. The van der Waals surface area contributed by atoms with Crippen molar-refractivity contribution in [3.8, 4) is 0 Å². The molecule has 0 spiro atoms. The molecular weight excluding hydrogens is 286 g/mol. The Kier molecular flexibility index (Phi) is 4.06. The highest BCUT2D eigenvalue weighted by atomic mass is 16.2. The number of aromatic nitrogens is 1. The topological polar surface area (TPSA) is 48.1 Å². The Labute approximate surface area is 136 Å². The summed E-state index contributed by atoms with van der Waals surface area (Å²) in [6, 6.07) is 14.2. The fourth-order valence-electron chi connectivity index (χ4n) is 2.71. The summed E-state index contributed by atoms with van der Waals surface area (Å²) in [7, 11) is 3.54. The summed E-state index contributed by atoms with van der Waals surface area (Å²) in [5.74, 6) is 0.0267. The van der Waals surface area contributed by atoms with E-state index in [0.29, 0.717) is 6.54 Å². The summed E-state index contributed by atoms with van der Waals surface area (Å²) in [6.45, 7) is 2.68. The number of aromatic amines is 1.